The zero-order valence-corrected chi connectivity index (χ0v) is 12.6. The molecule has 0 aliphatic heterocycles. The van der Waals surface area contributed by atoms with Crippen LogP contribution in [0.3, 0.4) is 0 Å². The fraction of sp³-hybridized carbons (Fsp3) is 0.0769. The van der Waals surface area contributed by atoms with Gasteiger partial charge >= 0.3 is 0 Å². The van der Waals surface area contributed by atoms with Crippen molar-refractivity contribution in [2.75, 3.05) is 0 Å². The van der Waals surface area contributed by atoms with Crippen LogP contribution >= 0.6 is 0 Å². The topological polar surface area (TPSA) is 92.3 Å². The van der Waals surface area contributed by atoms with Crippen molar-refractivity contribution < 1.29 is 16.8 Å². The van der Waals surface area contributed by atoms with E-state index in [1.807, 2.05) is 9.66 Å². The van der Waals surface area contributed by atoms with Gasteiger partial charge in [-0.3, -0.25) is 0 Å². The van der Waals surface area contributed by atoms with Crippen LogP contribution in [0.25, 0.3) is 0 Å². The van der Waals surface area contributed by atoms with E-state index in [1.54, 1.807) is 48.5 Å². The van der Waals surface area contributed by atoms with Crippen molar-refractivity contribution in [3.8, 4) is 0 Å². The molecular formula is C13H14N2O4S2. The van der Waals surface area contributed by atoms with Gasteiger partial charge < -0.3 is 0 Å². The predicted molar refractivity (Wildman–Crippen MR) is 79.0 cm³/mol. The summed E-state index contributed by atoms with van der Waals surface area (Å²) >= 11 is 0. The highest BCUT2D eigenvalue weighted by Gasteiger charge is 2.18. The summed E-state index contributed by atoms with van der Waals surface area (Å²) in [4.78, 5) is 3.73. The summed E-state index contributed by atoms with van der Waals surface area (Å²) in [5.41, 5.74) is 0.559. The Morgan fingerprint density at radius 2 is 1.24 bits per heavy atom. The first-order valence-corrected chi connectivity index (χ1v) is 9.13. The van der Waals surface area contributed by atoms with Crippen molar-refractivity contribution in [2.45, 2.75) is 10.6 Å². The van der Waals surface area contributed by atoms with Gasteiger partial charge in [0, 0.05) is 0 Å². The molecule has 2 aromatic carbocycles. The van der Waals surface area contributed by atoms with Crippen molar-refractivity contribution in [3.63, 3.8) is 0 Å². The minimum Gasteiger partial charge on any atom is -0.211 e. The second-order valence-corrected chi connectivity index (χ2v) is 7.67. The molecule has 0 radical (unpaired) electrons. The van der Waals surface area contributed by atoms with Crippen LogP contribution in [-0.4, -0.2) is 16.8 Å². The molecular weight excluding hydrogens is 312 g/mol. The third-order valence-corrected chi connectivity index (χ3v) is 5.10. The van der Waals surface area contributed by atoms with E-state index in [0.717, 1.165) is 0 Å². The Hall–Kier alpha value is -1.74. The van der Waals surface area contributed by atoms with Crippen molar-refractivity contribution in [2.24, 2.45) is 0 Å². The van der Waals surface area contributed by atoms with Crippen LogP contribution in [0.4, 0.5) is 0 Å². The molecule has 0 heterocycles. The fourth-order valence-electron chi connectivity index (χ4n) is 1.61. The maximum absolute atomic E-state index is 11.9. The van der Waals surface area contributed by atoms with Crippen LogP contribution in [0.1, 0.15) is 5.56 Å². The maximum Gasteiger partial charge on any atom is 0.254 e. The monoisotopic (exact) mass is 326 g/mol. The van der Waals surface area contributed by atoms with Crippen LogP contribution in [0.2, 0.25) is 0 Å². The van der Waals surface area contributed by atoms with E-state index < -0.39 is 20.0 Å². The second-order valence-electron chi connectivity index (χ2n) is 4.27. The molecule has 0 saturated heterocycles. The molecule has 0 atom stereocenters. The molecule has 8 heteroatoms. The summed E-state index contributed by atoms with van der Waals surface area (Å²) in [6, 6.07) is 16.0. The van der Waals surface area contributed by atoms with Gasteiger partial charge in [-0.2, -0.15) is 0 Å². The number of hydrogen-bond acceptors (Lipinski definition) is 4. The molecule has 0 fully saturated rings. The van der Waals surface area contributed by atoms with Crippen LogP contribution in [0.15, 0.2) is 65.6 Å². The molecule has 112 valence electrons. The third kappa shape index (κ3) is 4.64. The zero-order valence-electron chi connectivity index (χ0n) is 10.9. The first-order chi connectivity index (χ1) is 9.89. The van der Waals surface area contributed by atoms with Crippen molar-refractivity contribution in [1.29, 1.82) is 0 Å². The molecule has 0 aliphatic carbocycles. The molecule has 0 aliphatic rings. The normalized spacial score (nSPS) is 12.2. The van der Waals surface area contributed by atoms with E-state index in [2.05, 4.69) is 0 Å². The standard InChI is InChI=1S/C13H14N2O4S2/c16-20(17,11-12-7-3-1-4-8-12)14-15-21(18,19)13-9-5-2-6-10-13/h1-10,14-15H,11H2. The van der Waals surface area contributed by atoms with Crippen LogP contribution in [0, 0.1) is 0 Å². The van der Waals surface area contributed by atoms with Gasteiger partial charge in [-0.1, -0.05) is 48.5 Å². The number of nitrogens with one attached hydrogen (secondary N) is 2. The number of sulfonamides is 2. The quantitative estimate of drug-likeness (QED) is 0.775. The first kappa shape index (κ1) is 15.6. The second kappa shape index (κ2) is 6.35. The van der Waals surface area contributed by atoms with Crippen molar-refractivity contribution >= 4 is 20.0 Å². The van der Waals surface area contributed by atoms with E-state index in [-0.39, 0.29) is 10.6 Å². The molecule has 0 saturated carbocycles. The van der Waals surface area contributed by atoms with E-state index >= 15 is 0 Å². The number of rotatable bonds is 6. The Morgan fingerprint density at radius 3 is 1.81 bits per heavy atom. The van der Waals surface area contributed by atoms with Crippen molar-refractivity contribution in [1.82, 2.24) is 9.66 Å². The van der Waals surface area contributed by atoms with E-state index in [1.165, 1.54) is 12.1 Å². The number of hydrazine groups is 1. The highest BCUT2D eigenvalue weighted by molar-refractivity contribution is 7.92. The van der Waals surface area contributed by atoms with Crippen molar-refractivity contribution in [3.05, 3.63) is 66.2 Å². The minimum atomic E-state index is -3.93. The fourth-order valence-corrected chi connectivity index (χ4v) is 3.89. The Bertz CT molecular complexity index is 789. The third-order valence-electron chi connectivity index (χ3n) is 2.58. The largest absolute Gasteiger partial charge is 0.254 e. The van der Waals surface area contributed by atoms with Gasteiger partial charge in [0.25, 0.3) is 10.0 Å². The predicted octanol–water partition coefficient (Wildman–Crippen LogP) is 1.000. The van der Waals surface area contributed by atoms with Gasteiger partial charge in [0.1, 0.15) is 0 Å². The molecule has 21 heavy (non-hydrogen) atoms. The summed E-state index contributed by atoms with van der Waals surface area (Å²) in [6.07, 6.45) is 0. The molecule has 0 unspecified atom stereocenters. The SMILES string of the molecule is O=S(=O)(Cc1ccccc1)NNS(=O)(=O)c1ccccc1. The van der Waals surface area contributed by atoms with Gasteiger partial charge in [-0.25, -0.2) is 16.8 Å². The van der Waals surface area contributed by atoms with Crippen LogP contribution in [0.5, 0.6) is 0 Å². The molecule has 0 amide bonds. The summed E-state index contributed by atoms with van der Waals surface area (Å²) in [5.74, 6) is -0.314. The van der Waals surface area contributed by atoms with E-state index in [9.17, 15) is 16.8 Å². The molecule has 2 rings (SSSR count). The Balaban J connectivity index is 2.05. The summed E-state index contributed by atoms with van der Waals surface area (Å²) in [5, 5.41) is 0. The summed E-state index contributed by atoms with van der Waals surface area (Å²) < 4.78 is 47.5. The number of hydrogen-bond donors (Lipinski definition) is 2. The average Bonchev–Trinajstić information content (AvgIpc) is 2.47. The Morgan fingerprint density at radius 1 is 0.714 bits per heavy atom. The van der Waals surface area contributed by atoms with Crippen LogP contribution in [-0.2, 0) is 25.8 Å². The summed E-state index contributed by atoms with van der Waals surface area (Å²) in [7, 11) is -7.74. The average molecular weight is 326 g/mol. The molecule has 2 N–H and O–H groups in total. The smallest absolute Gasteiger partial charge is 0.211 e. The first-order valence-electron chi connectivity index (χ1n) is 5.99. The Kier molecular flexibility index (Phi) is 4.73. The zero-order chi connectivity index (χ0) is 15.3. The van der Waals surface area contributed by atoms with Gasteiger partial charge in [-0.05, 0) is 17.7 Å². The maximum atomic E-state index is 11.9. The Labute approximate surface area is 123 Å². The molecule has 0 aromatic heterocycles. The molecule has 2 aromatic rings. The van der Waals surface area contributed by atoms with Crippen LogP contribution < -0.4 is 9.66 Å². The summed E-state index contributed by atoms with van der Waals surface area (Å²) in [6.45, 7) is 0. The van der Waals surface area contributed by atoms with Gasteiger partial charge in [0.2, 0.25) is 10.0 Å². The molecule has 6 nitrogen and oxygen atoms in total. The number of benzene rings is 2. The lowest BCUT2D eigenvalue weighted by molar-refractivity contribution is 0.557. The lowest BCUT2D eigenvalue weighted by Crippen LogP contribution is -2.42. The highest BCUT2D eigenvalue weighted by atomic mass is 32.2. The highest BCUT2D eigenvalue weighted by Crippen LogP contribution is 2.07. The molecule has 0 spiro atoms. The van der Waals surface area contributed by atoms with Gasteiger partial charge in [-0.15, -0.1) is 9.66 Å². The molecule has 0 bridgehead atoms. The van der Waals surface area contributed by atoms with Gasteiger partial charge in [0.15, 0.2) is 0 Å². The van der Waals surface area contributed by atoms with E-state index in [0.29, 0.717) is 5.56 Å². The lowest BCUT2D eigenvalue weighted by Gasteiger charge is -2.09. The van der Waals surface area contributed by atoms with E-state index in [4.69, 9.17) is 0 Å². The lowest BCUT2D eigenvalue weighted by atomic mass is 10.2. The minimum absolute atomic E-state index is 0.0209. The van der Waals surface area contributed by atoms with Gasteiger partial charge in [0.05, 0.1) is 10.6 Å².